The highest BCUT2D eigenvalue weighted by Gasteiger charge is 2.33. The number of aromatic nitrogens is 1. The molecule has 3 aromatic rings. The van der Waals surface area contributed by atoms with Crippen molar-refractivity contribution >= 4 is 28.5 Å². The smallest absolute Gasteiger partial charge is 0.343 e. The second kappa shape index (κ2) is 8.12. The average Bonchev–Trinajstić information content (AvgIpc) is 3.22. The number of nitrogens with zero attached hydrogens (tertiary/aromatic N) is 2. The van der Waals surface area contributed by atoms with E-state index < -0.39 is 23.0 Å². The number of esters is 1. The normalized spacial score (nSPS) is 16.2. The Balaban J connectivity index is 1.76. The van der Waals surface area contributed by atoms with Crippen molar-refractivity contribution in [2.24, 2.45) is 0 Å². The Hall–Kier alpha value is -3.95. The third kappa shape index (κ3) is 3.46. The van der Waals surface area contributed by atoms with Gasteiger partial charge in [-0.3, -0.25) is 9.59 Å². The standard InChI is InChI=1S/C24H21F2N3O5/c1-3-33-24(32)16-11-29-18-5-4-13(25)8-19(18)34-23-20(29)15(22(16)31)9-17(26)21(23)28-7-6-14(10-28)27-12(2)30/h4-5,8-9,11,14H,3,6-7,10H2,1-2H3,(H,27,30). The van der Waals surface area contributed by atoms with Gasteiger partial charge in [0, 0.05) is 38.3 Å². The molecule has 0 spiro atoms. The summed E-state index contributed by atoms with van der Waals surface area (Å²) in [5.74, 6) is -2.16. The van der Waals surface area contributed by atoms with Gasteiger partial charge in [0.05, 0.1) is 17.7 Å². The minimum Gasteiger partial charge on any atom is -0.462 e. The van der Waals surface area contributed by atoms with Crippen molar-refractivity contribution < 1.29 is 27.8 Å². The lowest BCUT2D eigenvalue weighted by molar-refractivity contribution is -0.119. The topological polar surface area (TPSA) is 89.9 Å². The maximum atomic E-state index is 15.5. The molecule has 2 aliphatic heterocycles. The minimum absolute atomic E-state index is 0.0454. The number of amides is 1. The van der Waals surface area contributed by atoms with Crippen molar-refractivity contribution in [2.75, 3.05) is 24.6 Å². The second-order valence-electron chi connectivity index (χ2n) is 8.24. The number of carbonyl (C=O) groups is 2. The Bertz CT molecular complexity index is 1420. The monoisotopic (exact) mass is 469 g/mol. The zero-order valence-electron chi connectivity index (χ0n) is 18.5. The van der Waals surface area contributed by atoms with E-state index in [1.807, 2.05) is 0 Å². The van der Waals surface area contributed by atoms with E-state index in [2.05, 4.69) is 5.32 Å². The van der Waals surface area contributed by atoms with Gasteiger partial charge in [-0.2, -0.15) is 0 Å². The largest absolute Gasteiger partial charge is 0.462 e. The van der Waals surface area contributed by atoms with Crippen LogP contribution in [0.15, 0.2) is 35.3 Å². The predicted octanol–water partition coefficient (Wildman–Crippen LogP) is 3.27. The van der Waals surface area contributed by atoms with Crippen LogP contribution < -0.4 is 20.4 Å². The van der Waals surface area contributed by atoms with E-state index >= 15 is 4.39 Å². The van der Waals surface area contributed by atoms with E-state index in [1.54, 1.807) is 11.8 Å². The molecule has 5 rings (SSSR count). The SMILES string of the molecule is CCOC(=O)c1cn2c3c(c(N4CCC(NC(C)=O)C4)c(F)cc3c1=O)Oc1cc(F)ccc1-2. The van der Waals surface area contributed by atoms with Gasteiger partial charge in [-0.15, -0.1) is 0 Å². The number of carbonyl (C=O) groups excluding carboxylic acids is 2. The summed E-state index contributed by atoms with van der Waals surface area (Å²) in [4.78, 5) is 38.8. The van der Waals surface area contributed by atoms with Crippen LogP contribution in [0, 0.1) is 11.6 Å². The highest BCUT2D eigenvalue weighted by atomic mass is 19.1. The Kier molecular flexibility index (Phi) is 5.22. The number of halogens is 2. The maximum Gasteiger partial charge on any atom is 0.343 e. The molecule has 2 aliphatic rings. The third-order valence-electron chi connectivity index (χ3n) is 5.97. The van der Waals surface area contributed by atoms with Crippen molar-refractivity contribution in [1.29, 1.82) is 0 Å². The van der Waals surface area contributed by atoms with Crippen LogP contribution in [0.4, 0.5) is 14.5 Å². The number of nitrogens with one attached hydrogen (secondary N) is 1. The van der Waals surface area contributed by atoms with Crippen LogP contribution in [0.2, 0.25) is 0 Å². The highest BCUT2D eigenvalue weighted by Crippen LogP contribution is 2.47. The number of hydrogen-bond donors (Lipinski definition) is 1. The number of hydrogen-bond acceptors (Lipinski definition) is 6. The van der Waals surface area contributed by atoms with Gasteiger partial charge in [0.25, 0.3) is 0 Å². The second-order valence-corrected chi connectivity index (χ2v) is 8.24. The maximum absolute atomic E-state index is 15.5. The predicted molar refractivity (Wildman–Crippen MR) is 120 cm³/mol. The van der Waals surface area contributed by atoms with E-state index in [9.17, 15) is 18.8 Å². The van der Waals surface area contributed by atoms with Gasteiger partial charge in [0.1, 0.15) is 22.6 Å². The van der Waals surface area contributed by atoms with Crippen LogP contribution in [-0.2, 0) is 9.53 Å². The number of anilines is 1. The summed E-state index contributed by atoms with van der Waals surface area (Å²) >= 11 is 0. The summed E-state index contributed by atoms with van der Waals surface area (Å²) in [5.41, 5.74) is -0.206. The van der Waals surface area contributed by atoms with Crippen LogP contribution in [0.3, 0.4) is 0 Å². The number of ether oxygens (including phenoxy) is 2. The Morgan fingerprint density at radius 1 is 1.26 bits per heavy atom. The van der Waals surface area contributed by atoms with Gasteiger partial charge in [-0.25, -0.2) is 13.6 Å². The number of fused-ring (bicyclic) bond motifs is 2. The molecule has 0 saturated carbocycles. The van der Waals surface area contributed by atoms with Crippen LogP contribution in [0.25, 0.3) is 16.6 Å². The summed E-state index contributed by atoms with van der Waals surface area (Å²) in [7, 11) is 0. The van der Waals surface area contributed by atoms with Gasteiger partial charge < -0.3 is 24.3 Å². The lowest BCUT2D eigenvalue weighted by atomic mass is 10.1. The third-order valence-corrected chi connectivity index (χ3v) is 5.97. The van der Waals surface area contributed by atoms with E-state index in [-0.39, 0.29) is 52.2 Å². The van der Waals surface area contributed by atoms with Crippen molar-refractivity contribution in [1.82, 2.24) is 9.88 Å². The summed E-state index contributed by atoms with van der Waals surface area (Å²) in [5, 5.41) is 2.76. The Morgan fingerprint density at radius 3 is 2.79 bits per heavy atom. The van der Waals surface area contributed by atoms with Gasteiger partial charge >= 0.3 is 5.97 Å². The molecule has 1 amide bonds. The molecule has 176 valence electrons. The van der Waals surface area contributed by atoms with Gasteiger partial charge in [-0.1, -0.05) is 0 Å². The first-order valence-corrected chi connectivity index (χ1v) is 10.9. The first-order chi connectivity index (χ1) is 16.3. The first kappa shape index (κ1) is 21.9. The summed E-state index contributed by atoms with van der Waals surface area (Å²) in [6, 6.07) is 4.74. The molecular weight excluding hydrogens is 448 g/mol. The average molecular weight is 469 g/mol. The molecule has 1 aromatic heterocycles. The fourth-order valence-electron chi connectivity index (χ4n) is 4.60. The van der Waals surface area contributed by atoms with Crippen LogP contribution in [-0.4, -0.2) is 42.2 Å². The molecule has 1 atom stereocenters. The van der Waals surface area contributed by atoms with Crippen LogP contribution in [0.1, 0.15) is 30.6 Å². The molecule has 0 aliphatic carbocycles. The zero-order chi connectivity index (χ0) is 24.1. The molecular formula is C24H21F2N3O5. The van der Waals surface area contributed by atoms with Crippen molar-refractivity contribution in [3.05, 3.63) is 57.9 Å². The lowest BCUT2D eigenvalue weighted by Gasteiger charge is -2.29. The van der Waals surface area contributed by atoms with Gasteiger partial charge in [0.2, 0.25) is 11.3 Å². The number of pyridine rings is 1. The quantitative estimate of drug-likeness (QED) is 0.462. The molecule has 0 radical (unpaired) electrons. The minimum atomic E-state index is -0.836. The Labute approximate surface area is 192 Å². The summed E-state index contributed by atoms with van der Waals surface area (Å²) in [6.07, 6.45) is 1.91. The lowest BCUT2D eigenvalue weighted by Crippen LogP contribution is -2.35. The number of rotatable bonds is 4. The van der Waals surface area contributed by atoms with Crippen LogP contribution in [0.5, 0.6) is 11.5 Å². The van der Waals surface area contributed by atoms with E-state index in [0.29, 0.717) is 25.2 Å². The van der Waals surface area contributed by atoms with Gasteiger partial charge in [-0.05, 0) is 31.5 Å². The molecule has 1 fully saturated rings. The highest BCUT2D eigenvalue weighted by molar-refractivity contribution is 5.99. The van der Waals surface area contributed by atoms with E-state index in [1.165, 1.54) is 29.8 Å². The molecule has 0 bridgehead atoms. The molecule has 8 nitrogen and oxygen atoms in total. The molecule has 2 aromatic carbocycles. The zero-order valence-corrected chi connectivity index (χ0v) is 18.5. The van der Waals surface area contributed by atoms with E-state index in [0.717, 1.165) is 12.1 Å². The van der Waals surface area contributed by atoms with E-state index in [4.69, 9.17) is 9.47 Å². The fraction of sp³-hybridized carbons (Fsp3) is 0.292. The first-order valence-electron chi connectivity index (χ1n) is 10.9. The number of benzene rings is 2. The Morgan fingerprint density at radius 2 is 2.06 bits per heavy atom. The molecule has 1 saturated heterocycles. The molecule has 3 heterocycles. The summed E-state index contributed by atoms with van der Waals surface area (Å²) < 4.78 is 42.1. The summed E-state index contributed by atoms with van der Waals surface area (Å²) in [6.45, 7) is 3.85. The van der Waals surface area contributed by atoms with Crippen LogP contribution >= 0.6 is 0 Å². The molecule has 1 N–H and O–H groups in total. The molecule has 34 heavy (non-hydrogen) atoms. The van der Waals surface area contributed by atoms with Crippen molar-refractivity contribution in [3.63, 3.8) is 0 Å². The van der Waals surface area contributed by atoms with Gasteiger partial charge in [0.15, 0.2) is 17.3 Å². The molecule has 10 heteroatoms. The molecule has 1 unspecified atom stereocenters. The fourth-order valence-corrected chi connectivity index (χ4v) is 4.60. The van der Waals surface area contributed by atoms with Crippen molar-refractivity contribution in [3.8, 4) is 17.2 Å². The van der Waals surface area contributed by atoms with Crippen molar-refractivity contribution in [2.45, 2.75) is 26.3 Å².